The number of alkyl halides is 2. The molecule has 0 spiro atoms. The molecule has 1 fully saturated rings. The first kappa shape index (κ1) is 18.2. The van der Waals surface area contributed by atoms with Gasteiger partial charge < -0.3 is 10.1 Å². The molecular formula is C16H20F2N6O2. The summed E-state index contributed by atoms with van der Waals surface area (Å²) in [6.07, 6.45) is 0.605. The highest BCUT2D eigenvalue weighted by Crippen LogP contribution is 2.23. The van der Waals surface area contributed by atoms with Crippen molar-refractivity contribution in [1.82, 2.24) is 25.1 Å². The fraction of sp³-hybridized carbons (Fsp3) is 0.500. The van der Waals surface area contributed by atoms with Gasteiger partial charge >= 0.3 is 0 Å². The van der Waals surface area contributed by atoms with Crippen LogP contribution in [0.1, 0.15) is 34.9 Å². The maximum absolute atomic E-state index is 12.3. The Morgan fingerprint density at radius 1 is 1.42 bits per heavy atom. The molecule has 0 saturated carbocycles. The van der Waals surface area contributed by atoms with Crippen LogP contribution in [0, 0.1) is 0 Å². The number of carbonyl (C=O) groups is 1. The molecule has 0 unspecified atom stereocenters. The van der Waals surface area contributed by atoms with E-state index in [9.17, 15) is 13.6 Å². The lowest BCUT2D eigenvalue weighted by atomic mass is 9.98. The van der Waals surface area contributed by atoms with E-state index in [-0.39, 0.29) is 17.4 Å². The van der Waals surface area contributed by atoms with E-state index < -0.39 is 18.9 Å². The summed E-state index contributed by atoms with van der Waals surface area (Å²) in [4.78, 5) is 20.6. The molecule has 0 aliphatic carbocycles. The van der Waals surface area contributed by atoms with Crippen LogP contribution in [0.4, 0.5) is 14.7 Å². The molecule has 0 radical (unpaired) electrons. The first-order valence-corrected chi connectivity index (χ1v) is 8.33. The summed E-state index contributed by atoms with van der Waals surface area (Å²) in [6.45, 7) is 1.11. The van der Waals surface area contributed by atoms with Crippen molar-refractivity contribution < 1.29 is 18.3 Å². The average molecular weight is 366 g/mol. The number of ether oxygens (including phenoxy) is 1. The zero-order valence-corrected chi connectivity index (χ0v) is 14.3. The third-order valence-corrected chi connectivity index (χ3v) is 4.06. The van der Waals surface area contributed by atoms with Crippen molar-refractivity contribution in [3.05, 3.63) is 29.7 Å². The number of nitrogens with one attached hydrogen (secondary N) is 2. The Kier molecular flexibility index (Phi) is 5.71. The first-order valence-electron chi connectivity index (χ1n) is 8.33. The molecule has 0 bridgehead atoms. The van der Waals surface area contributed by atoms with Crippen LogP contribution in [0.2, 0.25) is 0 Å². The number of nitrogens with zero attached hydrogens (tertiary/aromatic N) is 4. The van der Waals surface area contributed by atoms with E-state index in [1.807, 2.05) is 0 Å². The largest absolute Gasteiger partial charge is 0.472 e. The van der Waals surface area contributed by atoms with Crippen molar-refractivity contribution in [3.8, 4) is 5.88 Å². The Bertz CT molecular complexity index is 744. The second-order valence-electron chi connectivity index (χ2n) is 5.98. The summed E-state index contributed by atoms with van der Waals surface area (Å²) < 4.78 is 30.5. The molecule has 0 atom stereocenters. The number of hydrogen-bond acceptors (Lipinski definition) is 6. The number of piperidine rings is 1. The lowest BCUT2D eigenvalue weighted by Gasteiger charge is -2.19. The van der Waals surface area contributed by atoms with E-state index in [0.717, 1.165) is 31.8 Å². The predicted octanol–water partition coefficient (Wildman–Crippen LogP) is 1.57. The topological polar surface area (TPSA) is 94.0 Å². The normalized spacial score (nSPS) is 15.2. The monoisotopic (exact) mass is 366 g/mol. The van der Waals surface area contributed by atoms with Crippen LogP contribution in [-0.4, -0.2) is 51.8 Å². The Morgan fingerprint density at radius 2 is 2.19 bits per heavy atom. The van der Waals surface area contributed by atoms with Crippen LogP contribution in [0.15, 0.2) is 18.3 Å². The van der Waals surface area contributed by atoms with Crippen molar-refractivity contribution in [2.45, 2.75) is 25.2 Å². The van der Waals surface area contributed by atoms with Crippen molar-refractivity contribution in [1.29, 1.82) is 0 Å². The van der Waals surface area contributed by atoms with E-state index in [0.29, 0.717) is 5.95 Å². The molecule has 0 aromatic carbocycles. The number of aryl methyl sites for hydroxylation is 1. The average Bonchev–Trinajstić information content (AvgIpc) is 3.01. The van der Waals surface area contributed by atoms with Crippen molar-refractivity contribution in [2.24, 2.45) is 7.05 Å². The maximum atomic E-state index is 12.3. The highest BCUT2D eigenvalue weighted by molar-refractivity contribution is 6.03. The standard InChI is InChI=1S/C16H20F2N6O2/c1-24-16(21-14(23-24)10-4-6-19-7-5-10)22-15(25)11-2-3-13(20-8-11)26-9-12(17)18/h2-3,8,10,12,19H,4-7,9H2,1H3,(H,21,22,23,25). The number of hydrogen-bond donors (Lipinski definition) is 2. The van der Waals surface area contributed by atoms with Crippen molar-refractivity contribution in [2.75, 3.05) is 25.0 Å². The van der Waals surface area contributed by atoms with Gasteiger partial charge in [0.25, 0.3) is 12.3 Å². The molecule has 140 valence electrons. The summed E-state index contributed by atoms with van der Waals surface area (Å²) in [5.41, 5.74) is 0.265. The first-order chi connectivity index (χ1) is 12.5. The number of pyridine rings is 1. The molecule has 10 heteroatoms. The molecule has 26 heavy (non-hydrogen) atoms. The van der Waals surface area contributed by atoms with Crippen LogP contribution in [0.25, 0.3) is 0 Å². The highest BCUT2D eigenvalue weighted by Gasteiger charge is 2.21. The minimum atomic E-state index is -2.58. The summed E-state index contributed by atoms with van der Waals surface area (Å²) in [5.74, 6) is 0.972. The van der Waals surface area contributed by atoms with Gasteiger partial charge in [-0.3, -0.25) is 10.1 Å². The van der Waals surface area contributed by atoms with Gasteiger partial charge in [0.1, 0.15) is 0 Å². The van der Waals surface area contributed by atoms with Crippen LogP contribution in [0.3, 0.4) is 0 Å². The summed E-state index contributed by atoms with van der Waals surface area (Å²) in [6, 6.07) is 2.82. The minimum absolute atomic E-state index is 0.0358. The van der Waals surface area contributed by atoms with Crippen molar-refractivity contribution in [3.63, 3.8) is 0 Å². The molecule has 3 heterocycles. The van der Waals surface area contributed by atoms with Gasteiger partial charge in [0.05, 0.1) is 5.56 Å². The van der Waals surface area contributed by atoms with Gasteiger partial charge in [-0.05, 0) is 32.0 Å². The number of amides is 1. The van der Waals surface area contributed by atoms with Gasteiger partial charge in [-0.25, -0.2) is 18.4 Å². The lowest BCUT2D eigenvalue weighted by Crippen LogP contribution is -2.27. The van der Waals surface area contributed by atoms with E-state index >= 15 is 0 Å². The Balaban J connectivity index is 1.63. The predicted molar refractivity (Wildman–Crippen MR) is 89.5 cm³/mol. The molecular weight excluding hydrogens is 346 g/mol. The summed E-state index contributed by atoms with van der Waals surface area (Å²) in [5, 5.41) is 10.4. The molecule has 1 aliphatic heterocycles. The number of halogens is 2. The number of anilines is 1. The number of carbonyl (C=O) groups excluding carboxylic acids is 1. The van der Waals surface area contributed by atoms with E-state index in [2.05, 4.69) is 25.7 Å². The second-order valence-corrected chi connectivity index (χ2v) is 5.98. The van der Waals surface area contributed by atoms with E-state index in [1.54, 1.807) is 7.05 Å². The van der Waals surface area contributed by atoms with Gasteiger partial charge in [-0.2, -0.15) is 10.1 Å². The summed E-state index contributed by atoms with van der Waals surface area (Å²) >= 11 is 0. The molecule has 1 amide bonds. The quantitative estimate of drug-likeness (QED) is 0.806. The molecule has 8 nitrogen and oxygen atoms in total. The fourth-order valence-electron chi connectivity index (χ4n) is 2.69. The van der Waals surface area contributed by atoms with E-state index in [4.69, 9.17) is 4.74 Å². The number of aromatic nitrogens is 4. The highest BCUT2D eigenvalue weighted by atomic mass is 19.3. The molecule has 3 rings (SSSR count). The van der Waals surface area contributed by atoms with Gasteiger partial charge in [0.2, 0.25) is 11.8 Å². The van der Waals surface area contributed by atoms with Gasteiger partial charge in [0, 0.05) is 25.2 Å². The van der Waals surface area contributed by atoms with Crippen LogP contribution < -0.4 is 15.4 Å². The molecule has 1 saturated heterocycles. The third-order valence-electron chi connectivity index (χ3n) is 4.06. The summed E-state index contributed by atoms with van der Waals surface area (Å²) in [7, 11) is 1.71. The zero-order chi connectivity index (χ0) is 18.5. The van der Waals surface area contributed by atoms with Crippen LogP contribution >= 0.6 is 0 Å². The number of rotatable bonds is 6. The molecule has 2 aromatic rings. The molecule has 2 N–H and O–H groups in total. The smallest absolute Gasteiger partial charge is 0.272 e. The Morgan fingerprint density at radius 3 is 2.85 bits per heavy atom. The van der Waals surface area contributed by atoms with Crippen molar-refractivity contribution >= 4 is 11.9 Å². The lowest BCUT2D eigenvalue weighted by molar-refractivity contribution is 0.0795. The van der Waals surface area contributed by atoms with Gasteiger partial charge in [-0.1, -0.05) is 0 Å². The fourth-order valence-corrected chi connectivity index (χ4v) is 2.69. The maximum Gasteiger partial charge on any atom is 0.272 e. The van der Waals surface area contributed by atoms with Gasteiger partial charge in [-0.15, -0.1) is 0 Å². The Hall–Kier alpha value is -2.62. The molecule has 2 aromatic heterocycles. The Labute approximate surface area is 149 Å². The third kappa shape index (κ3) is 4.51. The molecule has 1 aliphatic rings. The van der Waals surface area contributed by atoms with Crippen LogP contribution in [-0.2, 0) is 7.05 Å². The van der Waals surface area contributed by atoms with Gasteiger partial charge in [0.15, 0.2) is 12.4 Å². The van der Waals surface area contributed by atoms with Crippen LogP contribution in [0.5, 0.6) is 5.88 Å². The zero-order valence-electron chi connectivity index (χ0n) is 14.3. The minimum Gasteiger partial charge on any atom is -0.472 e. The van der Waals surface area contributed by atoms with E-state index in [1.165, 1.54) is 23.0 Å². The second kappa shape index (κ2) is 8.17. The SMILES string of the molecule is Cn1nc(C2CCNCC2)nc1NC(=O)c1ccc(OCC(F)F)nc1.